The van der Waals surface area contributed by atoms with Gasteiger partial charge in [0.15, 0.2) is 5.69 Å². The van der Waals surface area contributed by atoms with Gasteiger partial charge in [-0.05, 0) is 75.0 Å². The van der Waals surface area contributed by atoms with Crippen molar-refractivity contribution in [3.63, 3.8) is 0 Å². The van der Waals surface area contributed by atoms with Crippen LogP contribution in [0, 0.1) is 13.8 Å². The van der Waals surface area contributed by atoms with Crippen molar-refractivity contribution in [1.29, 1.82) is 0 Å². The molecule has 0 saturated heterocycles. The van der Waals surface area contributed by atoms with Crippen LogP contribution in [0.4, 0.5) is 5.69 Å². The molecule has 0 fully saturated rings. The van der Waals surface area contributed by atoms with Crippen molar-refractivity contribution in [3.8, 4) is 0 Å². The predicted octanol–water partition coefficient (Wildman–Crippen LogP) is 4.24. The van der Waals surface area contributed by atoms with Gasteiger partial charge in [-0.25, -0.2) is 0 Å². The molecule has 1 aromatic carbocycles. The minimum Gasteiger partial charge on any atom is -0.349 e. The van der Waals surface area contributed by atoms with Gasteiger partial charge >= 0.3 is 0 Å². The van der Waals surface area contributed by atoms with Gasteiger partial charge in [0.05, 0.1) is 0 Å². The van der Waals surface area contributed by atoms with Crippen LogP contribution in [0.1, 0.15) is 60.4 Å². The van der Waals surface area contributed by atoms with Gasteiger partial charge in [0.25, 0.3) is 5.91 Å². The Morgan fingerprint density at radius 1 is 1.16 bits per heavy atom. The van der Waals surface area contributed by atoms with Gasteiger partial charge in [0.2, 0.25) is 5.91 Å². The van der Waals surface area contributed by atoms with Gasteiger partial charge in [-0.3, -0.25) is 19.5 Å². The molecule has 0 aliphatic rings. The number of aryl methyl sites for hydroxylation is 2. The minimum atomic E-state index is -0.899. The van der Waals surface area contributed by atoms with E-state index in [9.17, 15) is 9.59 Å². The highest BCUT2D eigenvalue weighted by atomic mass is 32.1. The number of amides is 2. The Morgan fingerprint density at radius 3 is 2.45 bits per heavy atom. The van der Waals surface area contributed by atoms with E-state index in [0.29, 0.717) is 11.3 Å². The number of rotatable bonds is 7. The normalized spacial score (nSPS) is 12.3. The zero-order chi connectivity index (χ0) is 22.6. The van der Waals surface area contributed by atoms with Gasteiger partial charge in [0.1, 0.15) is 6.04 Å². The highest BCUT2D eigenvalue weighted by Gasteiger charge is 2.36. The lowest BCUT2D eigenvalue weighted by Crippen LogP contribution is -2.50. The quantitative estimate of drug-likeness (QED) is 0.597. The molecule has 3 aromatic rings. The largest absolute Gasteiger partial charge is 0.349 e. The highest BCUT2D eigenvalue weighted by molar-refractivity contribution is 7.03. The number of carbonyl (C=O) groups is 2. The van der Waals surface area contributed by atoms with Crippen molar-refractivity contribution in [3.05, 3.63) is 70.5 Å². The number of hydrogen-bond donors (Lipinski definition) is 1. The first-order valence-corrected chi connectivity index (χ1v) is 11.0. The second-order valence-corrected chi connectivity index (χ2v) is 8.77. The van der Waals surface area contributed by atoms with E-state index in [-0.39, 0.29) is 17.5 Å². The third kappa shape index (κ3) is 5.14. The number of pyridine rings is 1. The fraction of sp³-hybridized carbons (Fsp3) is 0.348. The Balaban J connectivity index is 2.19. The smallest absolute Gasteiger partial charge is 0.280 e. The number of hydrogen-bond acceptors (Lipinski definition) is 6. The van der Waals surface area contributed by atoms with Crippen molar-refractivity contribution in [1.82, 2.24) is 19.9 Å². The number of carbonyl (C=O) groups excluding carboxylic acids is 2. The fourth-order valence-electron chi connectivity index (χ4n) is 3.28. The van der Waals surface area contributed by atoms with E-state index in [1.54, 1.807) is 29.9 Å². The fourth-order valence-corrected chi connectivity index (χ4v) is 3.71. The van der Waals surface area contributed by atoms with Crippen LogP contribution in [0.5, 0.6) is 0 Å². The summed E-state index contributed by atoms with van der Waals surface area (Å²) in [5, 5.41) is 8.66. The molecule has 0 radical (unpaired) electrons. The molecule has 1 N–H and O–H groups in total. The molecule has 0 bridgehead atoms. The van der Waals surface area contributed by atoms with Crippen LogP contribution < -0.4 is 10.2 Å². The van der Waals surface area contributed by atoms with Gasteiger partial charge in [-0.15, -0.1) is 5.10 Å². The van der Waals surface area contributed by atoms with Crippen LogP contribution in [0.3, 0.4) is 0 Å². The monoisotopic (exact) mass is 437 g/mol. The molecule has 0 saturated carbocycles. The topological polar surface area (TPSA) is 88.1 Å². The van der Waals surface area contributed by atoms with Crippen LogP contribution in [-0.2, 0) is 4.79 Å². The summed E-state index contributed by atoms with van der Waals surface area (Å²) in [6, 6.07) is 8.41. The summed E-state index contributed by atoms with van der Waals surface area (Å²) >= 11 is 1.10. The average Bonchev–Trinajstić information content (AvgIpc) is 3.27. The number of anilines is 1. The number of nitrogens with one attached hydrogen (secondary N) is 1. The summed E-state index contributed by atoms with van der Waals surface area (Å²) in [4.78, 5) is 32.9. The molecule has 0 aliphatic carbocycles. The Hall–Kier alpha value is -3.13. The van der Waals surface area contributed by atoms with Crippen LogP contribution in [0.2, 0.25) is 0 Å². The van der Waals surface area contributed by atoms with Gasteiger partial charge in [-0.2, -0.15) is 0 Å². The lowest BCUT2D eigenvalue weighted by Gasteiger charge is -2.35. The van der Waals surface area contributed by atoms with Crippen LogP contribution >= 0.6 is 11.5 Å². The summed E-state index contributed by atoms with van der Waals surface area (Å²) in [6.45, 7) is 9.85. The van der Waals surface area contributed by atoms with E-state index in [2.05, 4.69) is 19.9 Å². The summed E-state index contributed by atoms with van der Waals surface area (Å²) in [7, 11) is 0. The molecule has 7 nitrogen and oxygen atoms in total. The van der Waals surface area contributed by atoms with E-state index in [1.807, 2.05) is 52.8 Å². The zero-order valence-corrected chi connectivity index (χ0v) is 19.2. The number of nitrogens with zero attached hydrogens (tertiary/aromatic N) is 4. The minimum absolute atomic E-state index is 0.201. The van der Waals surface area contributed by atoms with Crippen LogP contribution in [0.15, 0.2) is 48.1 Å². The maximum Gasteiger partial charge on any atom is 0.280 e. The zero-order valence-electron chi connectivity index (χ0n) is 18.4. The van der Waals surface area contributed by atoms with E-state index in [1.165, 1.54) is 4.90 Å². The van der Waals surface area contributed by atoms with Crippen molar-refractivity contribution < 1.29 is 9.59 Å². The molecular formula is C23H27N5O2S. The maximum absolute atomic E-state index is 13.6. The molecule has 2 aromatic heterocycles. The molecule has 31 heavy (non-hydrogen) atoms. The molecule has 8 heteroatoms. The van der Waals surface area contributed by atoms with E-state index in [0.717, 1.165) is 29.1 Å². The SMILES string of the molecule is CCC(C)(C)NC(=O)[C@H](c1ccncc1)N(C(=O)c1csnn1)c1ccc(C)cc1C. The molecular weight excluding hydrogens is 410 g/mol. The lowest BCUT2D eigenvalue weighted by atomic mass is 9.98. The summed E-state index contributed by atoms with van der Waals surface area (Å²) < 4.78 is 3.84. The standard InChI is InChI=1S/C23H27N5O2S/c1-6-23(4,5)25-21(29)20(17-9-11-24-12-10-17)28(22(30)18-14-31-27-26-18)19-8-7-15(2)13-16(19)3/h7-14,20H,6H2,1-5H3,(H,25,29)/t20-/m0/s1. The Bertz CT molecular complexity index is 1050. The predicted molar refractivity (Wildman–Crippen MR) is 122 cm³/mol. The van der Waals surface area contributed by atoms with Crippen molar-refractivity contribution >= 4 is 29.0 Å². The summed E-state index contributed by atoms with van der Waals surface area (Å²) in [6.07, 6.45) is 3.99. The Labute approximate surface area is 186 Å². The number of benzene rings is 1. The Morgan fingerprint density at radius 2 is 1.87 bits per heavy atom. The second kappa shape index (κ2) is 9.34. The van der Waals surface area contributed by atoms with Gasteiger partial charge in [0, 0.05) is 29.0 Å². The molecule has 3 rings (SSSR count). The maximum atomic E-state index is 13.6. The van der Waals surface area contributed by atoms with Crippen LogP contribution in [-0.4, -0.2) is 31.9 Å². The van der Waals surface area contributed by atoms with E-state index in [4.69, 9.17) is 0 Å². The number of aromatic nitrogens is 3. The summed E-state index contributed by atoms with van der Waals surface area (Å²) in [5.74, 6) is -0.651. The first kappa shape index (κ1) is 22.6. The lowest BCUT2D eigenvalue weighted by molar-refractivity contribution is -0.124. The molecule has 0 unspecified atom stereocenters. The second-order valence-electron chi connectivity index (χ2n) is 8.17. The first-order valence-electron chi connectivity index (χ1n) is 10.1. The molecule has 2 heterocycles. The Kier molecular flexibility index (Phi) is 6.80. The van der Waals surface area contributed by atoms with Gasteiger partial charge in [-0.1, -0.05) is 29.1 Å². The molecule has 2 amide bonds. The molecule has 0 spiro atoms. The van der Waals surface area contributed by atoms with Crippen molar-refractivity contribution in [2.45, 2.75) is 52.6 Å². The summed E-state index contributed by atoms with van der Waals surface area (Å²) in [5.41, 5.74) is 3.04. The van der Waals surface area contributed by atoms with Crippen molar-refractivity contribution in [2.75, 3.05) is 4.90 Å². The van der Waals surface area contributed by atoms with E-state index >= 15 is 0 Å². The van der Waals surface area contributed by atoms with E-state index < -0.39 is 11.6 Å². The van der Waals surface area contributed by atoms with Crippen molar-refractivity contribution in [2.24, 2.45) is 0 Å². The third-order valence-electron chi connectivity index (χ3n) is 5.28. The highest BCUT2D eigenvalue weighted by Crippen LogP contribution is 2.32. The molecule has 1 atom stereocenters. The van der Waals surface area contributed by atoms with Gasteiger partial charge < -0.3 is 5.32 Å². The average molecular weight is 438 g/mol. The molecule has 162 valence electrons. The molecule has 0 aliphatic heterocycles. The third-order valence-corrected chi connectivity index (χ3v) is 5.79. The van der Waals surface area contributed by atoms with Crippen LogP contribution in [0.25, 0.3) is 0 Å². The first-order chi connectivity index (χ1) is 14.7.